The Morgan fingerprint density at radius 2 is 1.64 bits per heavy atom. The van der Waals surface area contributed by atoms with Crippen molar-refractivity contribution in [3.8, 4) is 17.2 Å². The molecule has 0 atom stereocenters. The number of benzene rings is 3. The minimum absolute atomic E-state index is 0.110. The molecule has 1 N–H and O–H groups in total. The van der Waals surface area contributed by atoms with Crippen molar-refractivity contribution in [2.45, 2.75) is 46.4 Å². The van der Waals surface area contributed by atoms with E-state index in [1.54, 1.807) is 14.2 Å². The van der Waals surface area contributed by atoms with Crippen LogP contribution in [0.3, 0.4) is 0 Å². The smallest absolute Gasteiger partial charge is 0.270 e. The fourth-order valence-corrected chi connectivity index (χ4v) is 5.29. The molecule has 42 heavy (non-hydrogen) atoms. The van der Waals surface area contributed by atoms with Crippen LogP contribution in [-0.4, -0.2) is 43.1 Å². The van der Waals surface area contributed by atoms with Gasteiger partial charge >= 0.3 is 0 Å². The number of nitrogens with zero attached hydrogens (tertiary/aromatic N) is 2. The van der Waals surface area contributed by atoms with Crippen LogP contribution >= 0.6 is 11.3 Å². The van der Waals surface area contributed by atoms with Crippen LogP contribution in [0.5, 0.6) is 17.2 Å². The summed E-state index contributed by atoms with van der Waals surface area (Å²) in [6.45, 7) is 7.67. The fourth-order valence-electron chi connectivity index (χ4n) is 4.47. The van der Waals surface area contributed by atoms with Gasteiger partial charge in [-0.05, 0) is 59.7 Å². The van der Waals surface area contributed by atoms with Crippen molar-refractivity contribution in [1.82, 2.24) is 15.2 Å². The monoisotopic (exact) mass is 587 g/mol. The van der Waals surface area contributed by atoms with Crippen LogP contribution in [0.1, 0.15) is 52.5 Å². The van der Waals surface area contributed by atoms with Gasteiger partial charge in [0.05, 0.1) is 20.8 Å². The maximum Gasteiger partial charge on any atom is 0.270 e. The van der Waals surface area contributed by atoms with Crippen LogP contribution in [0.15, 0.2) is 78.2 Å². The molecule has 8 heteroatoms. The summed E-state index contributed by atoms with van der Waals surface area (Å²) in [5.74, 6) is 2.71. The number of carbonyl (C=O) groups excluding carboxylic acids is 1. The number of thiazole rings is 1. The summed E-state index contributed by atoms with van der Waals surface area (Å²) in [5.41, 5.74) is 3.96. The van der Waals surface area contributed by atoms with Crippen molar-refractivity contribution >= 4 is 17.2 Å². The van der Waals surface area contributed by atoms with Crippen LogP contribution in [0.2, 0.25) is 0 Å². The topological polar surface area (TPSA) is 72.9 Å². The molecule has 4 rings (SSSR count). The van der Waals surface area contributed by atoms with E-state index in [1.165, 1.54) is 16.9 Å². The van der Waals surface area contributed by atoms with Crippen molar-refractivity contribution < 1.29 is 19.0 Å². The van der Waals surface area contributed by atoms with Crippen molar-refractivity contribution in [2.75, 3.05) is 27.3 Å². The molecule has 222 valence electrons. The Morgan fingerprint density at radius 3 is 2.36 bits per heavy atom. The summed E-state index contributed by atoms with van der Waals surface area (Å²) in [6.07, 6.45) is 1.77. The maximum absolute atomic E-state index is 12.6. The van der Waals surface area contributed by atoms with Gasteiger partial charge in [0.2, 0.25) is 0 Å². The molecule has 0 bridgehead atoms. The Labute approximate surface area is 253 Å². The lowest BCUT2D eigenvalue weighted by Crippen LogP contribution is -2.27. The van der Waals surface area contributed by atoms with Gasteiger partial charge in [-0.1, -0.05) is 62.4 Å². The van der Waals surface area contributed by atoms with Crippen LogP contribution in [0.25, 0.3) is 0 Å². The van der Waals surface area contributed by atoms with E-state index in [4.69, 9.17) is 14.2 Å². The molecule has 0 spiro atoms. The first-order valence-electron chi connectivity index (χ1n) is 14.3. The molecule has 3 aromatic carbocycles. The SMILES string of the molecule is COc1ccc(CCN(Cc2ccc(OCc3ccccc3)cc2)Cc2nc(C(=O)NCCC(C)C)cs2)cc1OC. The van der Waals surface area contributed by atoms with Crippen molar-refractivity contribution in [3.05, 3.63) is 106 Å². The average Bonchev–Trinajstić information content (AvgIpc) is 3.48. The lowest BCUT2D eigenvalue weighted by atomic mass is 10.1. The van der Waals surface area contributed by atoms with Gasteiger partial charge < -0.3 is 19.5 Å². The van der Waals surface area contributed by atoms with Crippen molar-refractivity contribution in [3.63, 3.8) is 0 Å². The predicted octanol–water partition coefficient (Wildman–Crippen LogP) is 6.76. The van der Waals surface area contributed by atoms with E-state index in [2.05, 4.69) is 59.4 Å². The molecule has 0 aliphatic heterocycles. The normalized spacial score (nSPS) is 11.1. The van der Waals surface area contributed by atoms with Gasteiger partial charge in [0, 0.05) is 25.0 Å². The maximum atomic E-state index is 12.6. The number of carbonyl (C=O) groups is 1. The third-order valence-electron chi connectivity index (χ3n) is 6.89. The van der Waals surface area contributed by atoms with E-state index >= 15 is 0 Å². The summed E-state index contributed by atoms with van der Waals surface area (Å²) >= 11 is 1.53. The third kappa shape index (κ3) is 9.60. The minimum atomic E-state index is -0.110. The second-order valence-corrected chi connectivity index (χ2v) is 11.6. The zero-order valence-electron chi connectivity index (χ0n) is 25.0. The van der Waals surface area contributed by atoms with Gasteiger partial charge in [0.25, 0.3) is 5.91 Å². The highest BCUT2D eigenvalue weighted by Crippen LogP contribution is 2.28. The highest BCUT2D eigenvalue weighted by molar-refractivity contribution is 7.09. The molecule has 0 unspecified atom stereocenters. The fraction of sp³-hybridized carbons (Fsp3) is 0.353. The molecule has 0 saturated heterocycles. The Morgan fingerprint density at radius 1 is 0.905 bits per heavy atom. The minimum Gasteiger partial charge on any atom is -0.493 e. The van der Waals surface area contributed by atoms with Gasteiger partial charge in [0.15, 0.2) is 11.5 Å². The molecule has 1 amide bonds. The average molecular weight is 588 g/mol. The molecule has 7 nitrogen and oxygen atoms in total. The molecule has 0 saturated carbocycles. The van der Waals surface area contributed by atoms with Crippen molar-refractivity contribution in [2.24, 2.45) is 5.92 Å². The van der Waals surface area contributed by atoms with E-state index in [0.29, 0.717) is 31.3 Å². The Kier molecular flexibility index (Phi) is 11.8. The number of hydrogen-bond acceptors (Lipinski definition) is 7. The van der Waals surface area contributed by atoms with E-state index in [9.17, 15) is 4.79 Å². The molecule has 0 aliphatic carbocycles. The molecule has 1 heterocycles. The molecule has 0 aliphatic rings. The summed E-state index contributed by atoms with van der Waals surface area (Å²) in [7, 11) is 3.30. The van der Waals surface area contributed by atoms with E-state index in [0.717, 1.165) is 59.3 Å². The first-order chi connectivity index (χ1) is 20.4. The number of hydrogen-bond donors (Lipinski definition) is 1. The standard InChI is InChI=1S/C34H41N3O4S/c1-25(2)16-18-35-34(38)30-24-42-33(36-30)22-37(19-17-26-12-15-31(39-3)32(20-26)40-4)21-27-10-13-29(14-11-27)41-23-28-8-6-5-7-9-28/h5-15,20,24-25H,16-19,21-23H2,1-4H3,(H,35,38). The Hall–Kier alpha value is -3.88. The Bertz CT molecular complexity index is 1390. The number of ether oxygens (including phenoxy) is 3. The zero-order chi connectivity index (χ0) is 29.7. The first-order valence-corrected chi connectivity index (χ1v) is 15.2. The number of methoxy groups -OCH3 is 2. The second kappa shape index (κ2) is 15.9. The van der Waals surface area contributed by atoms with E-state index < -0.39 is 0 Å². The van der Waals surface area contributed by atoms with Gasteiger partial charge in [-0.3, -0.25) is 9.69 Å². The molecule has 0 fully saturated rings. The molecule has 4 aromatic rings. The summed E-state index contributed by atoms with van der Waals surface area (Å²) in [6, 6.07) is 24.5. The second-order valence-electron chi connectivity index (χ2n) is 10.6. The molecule has 0 radical (unpaired) electrons. The molecule has 1 aromatic heterocycles. The largest absolute Gasteiger partial charge is 0.493 e. The Balaban J connectivity index is 1.42. The van der Waals surface area contributed by atoms with Crippen molar-refractivity contribution in [1.29, 1.82) is 0 Å². The summed E-state index contributed by atoms with van der Waals surface area (Å²) < 4.78 is 16.9. The van der Waals surface area contributed by atoms with Gasteiger partial charge in [-0.25, -0.2) is 4.98 Å². The van der Waals surface area contributed by atoms with Gasteiger partial charge in [0.1, 0.15) is 23.1 Å². The summed E-state index contributed by atoms with van der Waals surface area (Å²) in [5, 5.41) is 5.76. The van der Waals surface area contributed by atoms with Crippen LogP contribution in [-0.2, 0) is 26.1 Å². The lowest BCUT2D eigenvalue weighted by molar-refractivity contribution is 0.0947. The third-order valence-corrected chi connectivity index (χ3v) is 7.73. The first kappa shape index (κ1) is 31.1. The van der Waals surface area contributed by atoms with Crippen LogP contribution in [0.4, 0.5) is 0 Å². The highest BCUT2D eigenvalue weighted by atomic mass is 32.1. The highest BCUT2D eigenvalue weighted by Gasteiger charge is 2.15. The van der Waals surface area contributed by atoms with Gasteiger partial charge in [-0.15, -0.1) is 11.3 Å². The van der Waals surface area contributed by atoms with Crippen LogP contribution in [0, 0.1) is 5.92 Å². The van der Waals surface area contributed by atoms with E-state index in [-0.39, 0.29) is 5.91 Å². The number of amides is 1. The number of aromatic nitrogens is 1. The summed E-state index contributed by atoms with van der Waals surface area (Å²) in [4.78, 5) is 19.6. The van der Waals surface area contributed by atoms with Crippen LogP contribution < -0.4 is 19.5 Å². The van der Waals surface area contributed by atoms with Gasteiger partial charge in [-0.2, -0.15) is 0 Å². The molecular formula is C34H41N3O4S. The molecular weight excluding hydrogens is 546 g/mol. The number of nitrogens with one attached hydrogen (secondary N) is 1. The quantitative estimate of drug-likeness (QED) is 0.156. The van der Waals surface area contributed by atoms with E-state index in [1.807, 2.05) is 47.8 Å². The zero-order valence-corrected chi connectivity index (χ0v) is 25.8. The lowest BCUT2D eigenvalue weighted by Gasteiger charge is -2.22. The number of rotatable bonds is 16. The predicted molar refractivity (Wildman–Crippen MR) is 168 cm³/mol.